The molecule has 128 valence electrons. The molecule has 7 nitrogen and oxygen atoms in total. The molecule has 0 bridgehead atoms. The van der Waals surface area contributed by atoms with Gasteiger partial charge in [-0.05, 0) is 43.7 Å². The molecule has 1 saturated heterocycles. The van der Waals surface area contributed by atoms with Crippen molar-refractivity contribution in [2.45, 2.75) is 38.8 Å². The molecule has 0 spiro atoms. The van der Waals surface area contributed by atoms with Crippen molar-refractivity contribution in [1.82, 2.24) is 20.8 Å². The molecule has 1 atom stereocenters. The molecule has 1 aliphatic rings. The minimum Gasteiger partial charge on any atom is -0.485 e. The van der Waals surface area contributed by atoms with Crippen LogP contribution in [0, 0.1) is 0 Å². The summed E-state index contributed by atoms with van der Waals surface area (Å²) >= 11 is 0. The average Bonchev–Trinajstić information content (AvgIpc) is 3.29. The van der Waals surface area contributed by atoms with Crippen LogP contribution >= 0.6 is 0 Å². The minimum atomic E-state index is -0.0685. The standard InChI is InChI=1S/C17H22N4O3/c1-2-16-20-15(21-24-16)11-23-14-7-5-12(6-8-14)17(22)19-10-13-4-3-9-18-13/h5-8,13,18H,2-4,9-11H2,1H3,(H,19,22). The SMILES string of the molecule is CCc1nc(COc2ccc(C(=O)NCC3CCCN3)cc2)no1. The van der Waals surface area contributed by atoms with Crippen LogP contribution in [-0.4, -0.2) is 35.2 Å². The van der Waals surface area contributed by atoms with Gasteiger partial charge in [0.25, 0.3) is 5.91 Å². The topological polar surface area (TPSA) is 89.3 Å². The van der Waals surface area contributed by atoms with Crippen molar-refractivity contribution in [2.75, 3.05) is 13.1 Å². The predicted molar refractivity (Wildman–Crippen MR) is 87.8 cm³/mol. The van der Waals surface area contributed by atoms with Crippen LogP contribution in [0.3, 0.4) is 0 Å². The Morgan fingerprint density at radius 1 is 1.42 bits per heavy atom. The van der Waals surface area contributed by atoms with Crippen LogP contribution in [0.25, 0.3) is 0 Å². The van der Waals surface area contributed by atoms with Gasteiger partial charge in [0.2, 0.25) is 11.7 Å². The quantitative estimate of drug-likeness (QED) is 0.803. The summed E-state index contributed by atoms with van der Waals surface area (Å²) in [6.07, 6.45) is 2.99. The van der Waals surface area contributed by atoms with Crippen molar-refractivity contribution in [3.05, 3.63) is 41.5 Å². The second-order valence-corrected chi connectivity index (χ2v) is 5.77. The second kappa shape index (κ2) is 7.92. The molecule has 1 aromatic carbocycles. The lowest BCUT2D eigenvalue weighted by Crippen LogP contribution is -2.37. The Kier molecular flexibility index (Phi) is 5.43. The van der Waals surface area contributed by atoms with Crippen molar-refractivity contribution < 1.29 is 14.1 Å². The lowest BCUT2D eigenvalue weighted by Gasteiger charge is -2.11. The van der Waals surface area contributed by atoms with Crippen molar-refractivity contribution in [2.24, 2.45) is 0 Å². The molecule has 1 aliphatic heterocycles. The largest absolute Gasteiger partial charge is 0.485 e. The maximum absolute atomic E-state index is 12.1. The fraction of sp³-hybridized carbons (Fsp3) is 0.471. The van der Waals surface area contributed by atoms with E-state index < -0.39 is 0 Å². The van der Waals surface area contributed by atoms with Crippen molar-refractivity contribution in [3.63, 3.8) is 0 Å². The second-order valence-electron chi connectivity index (χ2n) is 5.77. The molecule has 1 unspecified atom stereocenters. The molecule has 1 aromatic heterocycles. The van der Waals surface area contributed by atoms with Crippen molar-refractivity contribution in [1.29, 1.82) is 0 Å². The van der Waals surface area contributed by atoms with E-state index in [2.05, 4.69) is 20.8 Å². The van der Waals surface area contributed by atoms with E-state index in [9.17, 15) is 4.79 Å². The van der Waals surface area contributed by atoms with E-state index in [0.29, 0.717) is 42.0 Å². The van der Waals surface area contributed by atoms with Gasteiger partial charge in [0.15, 0.2) is 6.61 Å². The Morgan fingerprint density at radius 2 is 2.25 bits per heavy atom. The maximum atomic E-state index is 12.1. The van der Waals surface area contributed by atoms with Gasteiger partial charge in [-0.2, -0.15) is 4.98 Å². The summed E-state index contributed by atoms with van der Waals surface area (Å²) in [7, 11) is 0. The molecule has 2 heterocycles. The highest BCUT2D eigenvalue weighted by atomic mass is 16.5. The van der Waals surface area contributed by atoms with E-state index in [1.54, 1.807) is 24.3 Å². The summed E-state index contributed by atoms with van der Waals surface area (Å²) in [5.41, 5.74) is 0.619. The fourth-order valence-corrected chi connectivity index (χ4v) is 2.59. The van der Waals surface area contributed by atoms with Gasteiger partial charge in [-0.3, -0.25) is 4.79 Å². The Balaban J connectivity index is 1.47. The van der Waals surface area contributed by atoms with Gasteiger partial charge in [-0.25, -0.2) is 0 Å². The zero-order valence-electron chi connectivity index (χ0n) is 13.7. The molecule has 3 rings (SSSR count). The Morgan fingerprint density at radius 3 is 2.92 bits per heavy atom. The molecule has 7 heteroatoms. The predicted octanol–water partition coefficient (Wildman–Crippen LogP) is 1.69. The smallest absolute Gasteiger partial charge is 0.251 e. The number of nitrogens with zero attached hydrogens (tertiary/aromatic N) is 2. The summed E-state index contributed by atoms with van der Waals surface area (Å²) in [5.74, 6) is 1.70. The monoisotopic (exact) mass is 330 g/mol. The van der Waals surface area contributed by atoms with Crippen LogP contribution in [0.1, 0.15) is 41.8 Å². The van der Waals surface area contributed by atoms with E-state index in [0.717, 1.165) is 13.0 Å². The molecule has 0 aliphatic carbocycles. The first-order valence-electron chi connectivity index (χ1n) is 8.30. The first kappa shape index (κ1) is 16.4. The zero-order valence-corrected chi connectivity index (χ0v) is 13.7. The minimum absolute atomic E-state index is 0.0685. The average molecular weight is 330 g/mol. The van der Waals surface area contributed by atoms with Gasteiger partial charge in [-0.15, -0.1) is 0 Å². The van der Waals surface area contributed by atoms with Crippen LogP contribution in [0.5, 0.6) is 5.75 Å². The summed E-state index contributed by atoms with van der Waals surface area (Å²) in [6.45, 7) is 3.88. The van der Waals surface area contributed by atoms with E-state index in [1.165, 1.54) is 6.42 Å². The summed E-state index contributed by atoms with van der Waals surface area (Å²) in [4.78, 5) is 16.3. The van der Waals surface area contributed by atoms with Gasteiger partial charge in [-0.1, -0.05) is 12.1 Å². The molecule has 1 fully saturated rings. The van der Waals surface area contributed by atoms with Gasteiger partial charge in [0.05, 0.1) is 0 Å². The number of aromatic nitrogens is 2. The van der Waals surface area contributed by atoms with E-state index in [-0.39, 0.29) is 12.5 Å². The Hall–Kier alpha value is -2.41. The van der Waals surface area contributed by atoms with E-state index in [1.807, 2.05) is 6.92 Å². The molecule has 0 radical (unpaired) electrons. The number of carbonyl (C=O) groups is 1. The van der Waals surface area contributed by atoms with Crippen LogP contribution in [0.4, 0.5) is 0 Å². The summed E-state index contributed by atoms with van der Waals surface area (Å²) in [5, 5.41) is 10.1. The maximum Gasteiger partial charge on any atom is 0.251 e. The molecule has 24 heavy (non-hydrogen) atoms. The zero-order chi connectivity index (χ0) is 16.8. The highest BCUT2D eigenvalue weighted by Gasteiger charge is 2.15. The number of benzene rings is 1. The number of hydrogen-bond donors (Lipinski definition) is 2. The normalized spacial score (nSPS) is 17.0. The van der Waals surface area contributed by atoms with Crippen LogP contribution in [-0.2, 0) is 13.0 Å². The highest BCUT2D eigenvalue weighted by Crippen LogP contribution is 2.14. The third-order valence-corrected chi connectivity index (χ3v) is 3.97. The van der Waals surface area contributed by atoms with Crippen molar-refractivity contribution in [3.8, 4) is 5.75 Å². The number of rotatable bonds is 7. The third-order valence-electron chi connectivity index (χ3n) is 3.97. The molecule has 2 aromatic rings. The first-order chi connectivity index (χ1) is 11.7. The molecular weight excluding hydrogens is 308 g/mol. The number of amides is 1. The fourth-order valence-electron chi connectivity index (χ4n) is 2.59. The highest BCUT2D eigenvalue weighted by molar-refractivity contribution is 5.94. The van der Waals surface area contributed by atoms with Crippen LogP contribution in [0.2, 0.25) is 0 Å². The van der Waals surface area contributed by atoms with Gasteiger partial charge in [0, 0.05) is 24.6 Å². The third kappa shape index (κ3) is 4.32. The molecule has 2 N–H and O–H groups in total. The van der Waals surface area contributed by atoms with E-state index >= 15 is 0 Å². The number of aryl methyl sites for hydroxylation is 1. The number of ether oxygens (including phenoxy) is 1. The molecule has 1 amide bonds. The van der Waals surface area contributed by atoms with Gasteiger partial charge < -0.3 is 19.9 Å². The van der Waals surface area contributed by atoms with Gasteiger partial charge in [0.1, 0.15) is 5.75 Å². The Labute approximate surface area is 140 Å². The van der Waals surface area contributed by atoms with Gasteiger partial charge >= 0.3 is 0 Å². The van der Waals surface area contributed by atoms with Crippen LogP contribution in [0.15, 0.2) is 28.8 Å². The first-order valence-corrected chi connectivity index (χ1v) is 8.30. The summed E-state index contributed by atoms with van der Waals surface area (Å²) in [6, 6.07) is 7.42. The van der Waals surface area contributed by atoms with E-state index in [4.69, 9.17) is 9.26 Å². The lowest BCUT2D eigenvalue weighted by atomic mass is 10.2. The molecular formula is C17H22N4O3. The van der Waals surface area contributed by atoms with Crippen LogP contribution < -0.4 is 15.4 Å². The number of hydrogen-bond acceptors (Lipinski definition) is 6. The number of nitrogens with one attached hydrogen (secondary N) is 2. The lowest BCUT2D eigenvalue weighted by molar-refractivity contribution is 0.0950. The van der Waals surface area contributed by atoms with Crippen molar-refractivity contribution >= 4 is 5.91 Å². The number of carbonyl (C=O) groups excluding carboxylic acids is 1. The summed E-state index contributed by atoms with van der Waals surface area (Å²) < 4.78 is 10.6. The Bertz CT molecular complexity index is 663. The molecule has 0 saturated carbocycles.